The van der Waals surface area contributed by atoms with Crippen molar-refractivity contribution in [1.29, 1.82) is 0 Å². The van der Waals surface area contributed by atoms with Gasteiger partial charge in [0.1, 0.15) is 11.6 Å². The van der Waals surface area contributed by atoms with Crippen molar-refractivity contribution in [2.75, 3.05) is 26.7 Å². The number of carboxylic acid groups (broad SMARTS) is 1. The first kappa shape index (κ1) is 26.6. The number of carbonyl (C=O) groups is 1. The van der Waals surface area contributed by atoms with Gasteiger partial charge in [0.2, 0.25) is 0 Å². The first-order valence-corrected chi connectivity index (χ1v) is 12.7. The van der Waals surface area contributed by atoms with E-state index in [1.807, 2.05) is 24.3 Å². The fraction of sp³-hybridized carbons (Fsp3) is 0.400. The second kappa shape index (κ2) is 12.7. The lowest BCUT2D eigenvalue weighted by molar-refractivity contribution is -0.137. The van der Waals surface area contributed by atoms with E-state index in [1.54, 1.807) is 31.5 Å². The second-order valence-electron chi connectivity index (χ2n) is 9.63. The predicted molar refractivity (Wildman–Crippen MR) is 141 cm³/mol. The highest BCUT2D eigenvalue weighted by Gasteiger charge is 2.30. The minimum Gasteiger partial charge on any atom is -0.497 e. The second-order valence-corrected chi connectivity index (χ2v) is 9.63. The highest BCUT2D eigenvalue weighted by molar-refractivity contribution is 5.83. The van der Waals surface area contributed by atoms with Crippen molar-refractivity contribution in [3.05, 3.63) is 71.7 Å². The molecule has 2 heterocycles. The molecule has 1 aromatic heterocycles. The fourth-order valence-electron chi connectivity index (χ4n) is 5.22. The molecule has 7 heteroatoms. The lowest BCUT2D eigenvalue weighted by atomic mass is 9.79. The quantitative estimate of drug-likeness (QED) is 0.397. The molecule has 0 spiro atoms. The van der Waals surface area contributed by atoms with Crippen LogP contribution in [0.25, 0.3) is 10.9 Å². The van der Waals surface area contributed by atoms with Crippen LogP contribution in [0.4, 0.5) is 4.39 Å². The number of pyridine rings is 1. The molecule has 4 rings (SSSR count). The van der Waals surface area contributed by atoms with Gasteiger partial charge < -0.3 is 14.9 Å². The van der Waals surface area contributed by atoms with Gasteiger partial charge in [-0.2, -0.15) is 0 Å². The van der Waals surface area contributed by atoms with Gasteiger partial charge in [0.25, 0.3) is 0 Å². The van der Waals surface area contributed by atoms with E-state index in [0.29, 0.717) is 36.6 Å². The third kappa shape index (κ3) is 7.06. The Balaban J connectivity index is 1.40. The maximum absolute atomic E-state index is 13.8. The van der Waals surface area contributed by atoms with Crippen LogP contribution in [0.5, 0.6) is 5.75 Å². The van der Waals surface area contributed by atoms with Gasteiger partial charge in [-0.05, 0) is 86.0 Å². The van der Waals surface area contributed by atoms with Crippen LogP contribution in [0.1, 0.15) is 49.3 Å². The monoisotopic (exact) mass is 504 g/mol. The molecule has 1 aliphatic rings. The molecule has 0 aliphatic carbocycles. The van der Waals surface area contributed by atoms with Crippen molar-refractivity contribution >= 4 is 16.9 Å². The lowest BCUT2D eigenvalue weighted by Gasteiger charge is -2.38. The average Bonchev–Trinajstić information content (AvgIpc) is 2.91. The summed E-state index contributed by atoms with van der Waals surface area (Å²) in [5.41, 5.74) is 2.02. The Morgan fingerprint density at radius 1 is 1.22 bits per heavy atom. The summed E-state index contributed by atoms with van der Waals surface area (Å²) in [6.07, 6.45) is 4.05. The van der Waals surface area contributed by atoms with Crippen molar-refractivity contribution in [1.82, 2.24) is 9.88 Å². The third-order valence-electron chi connectivity index (χ3n) is 7.26. The molecule has 0 amide bonds. The minimum atomic E-state index is -0.799. The Kier molecular flexibility index (Phi) is 9.10. The van der Waals surface area contributed by atoms with Crippen LogP contribution in [0, 0.1) is 29.5 Å². The van der Waals surface area contributed by atoms with Crippen molar-refractivity contribution in [2.24, 2.45) is 11.8 Å². The molecular weight excluding hydrogens is 471 g/mol. The number of ether oxygens (including phenoxy) is 1. The number of benzene rings is 2. The third-order valence-corrected chi connectivity index (χ3v) is 7.26. The summed E-state index contributed by atoms with van der Waals surface area (Å²) >= 11 is 0. The number of aromatic nitrogens is 1. The van der Waals surface area contributed by atoms with Gasteiger partial charge in [0.15, 0.2) is 0 Å². The summed E-state index contributed by atoms with van der Waals surface area (Å²) in [5, 5.41) is 21.2. The van der Waals surface area contributed by atoms with Crippen molar-refractivity contribution in [2.45, 2.75) is 38.2 Å². The van der Waals surface area contributed by atoms with Crippen LogP contribution in [0.3, 0.4) is 0 Å². The minimum absolute atomic E-state index is 0.118. The number of nitrogens with zero attached hydrogens (tertiary/aromatic N) is 2. The van der Waals surface area contributed by atoms with Crippen LogP contribution < -0.4 is 4.74 Å². The number of piperidine rings is 1. The Labute approximate surface area is 217 Å². The van der Waals surface area contributed by atoms with E-state index in [-0.39, 0.29) is 18.2 Å². The number of likely N-dealkylation sites (tertiary alicyclic amines) is 1. The van der Waals surface area contributed by atoms with Crippen molar-refractivity contribution in [3.63, 3.8) is 0 Å². The number of rotatable bonds is 9. The fourth-order valence-corrected chi connectivity index (χ4v) is 5.22. The van der Waals surface area contributed by atoms with Gasteiger partial charge in [-0.25, -0.2) is 4.39 Å². The average molecular weight is 505 g/mol. The SMILES string of the molecule is COc1ccc2nccc(C(O)CC[C@@H]3CCN(CC#Cc4ccccc4F)C[C@@H]3CCC(=O)O)c2c1. The Morgan fingerprint density at radius 3 is 2.84 bits per heavy atom. The number of fused-ring (bicyclic) bond motifs is 1. The zero-order valence-corrected chi connectivity index (χ0v) is 21.1. The summed E-state index contributed by atoms with van der Waals surface area (Å²) in [5.74, 6) is 6.08. The molecule has 1 fully saturated rings. The van der Waals surface area contributed by atoms with Crippen LogP contribution in [-0.4, -0.2) is 52.8 Å². The van der Waals surface area contributed by atoms with Crippen LogP contribution in [-0.2, 0) is 4.79 Å². The van der Waals surface area contributed by atoms with Gasteiger partial charge in [-0.1, -0.05) is 24.0 Å². The van der Waals surface area contributed by atoms with Crippen LogP contribution in [0.2, 0.25) is 0 Å². The molecular formula is C30H33FN2O4. The molecule has 6 nitrogen and oxygen atoms in total. The first-order valence-electron chi connectivity index (χ1n) is 12.7. The Hall–Kier alpha value is -3.47. The van der Waals surface area contributed by atoms with E-state index in [4.69, 9.17) is 4.74 Å². The van der Waals surface area contributed by atoms with Gasteiger partial charge in [-0.3, -0.25) is 14.7 Å². The molecule has 2 aromatic carbocycles. The Bertz CT molecular complexity index is 1290. The van der Waals surface area contributed by atoms with Gasteiger partial charge in [0.05, 0.1) is 30.8 Å². The number of aliphatic hydroxyl groups is 1. The molecule has 0 saturated carbocycles. The number of aliphatic carboxylic acids is 1. The first-order chi connectivity index (χ1) is 17.9. The van der Waals surface area contributed by atoms with Crippen molar-refractivity contribution in [3.8, 4) is 17.6 Å². The number of carboxylic acids is 1. The van der Waals surface area contributed by atoms with Gasteiger partial charge in [0, 0.05) is 24.5 Å². The topological polar surface area (TPSA) is 82.9 Å². The molecule has 1 unspecified atom stereocenters. The van der Waals surface area contributed by atoms with E-state index >= 15 is 0 Å². The molecule has 0 bridgehead atoms. The highest BCUT2D eigenvalue weighted by Crippen LogP contribution is 2.35. The van der Waals surface area contributed by atoms with Crippen LogP contribution in [0.15, 0.2) is 54.7 Å². The summed E-state index contributed by atoms with van der Waals surface area (Å²) in [6, 6.07) is 14.0. The standard InChI is InChI=1S/C30H33FN2O4/c1-37-24-10-11-28-26(19-24)25(14-16-32-28)29(34)12-8-21-15-18-33(20-23(21)9-13-30(35)36)17-4-6-22-5-2-3-7-27(22)31/h2-3,5,7,10-11,14,16,19,21,23,29,34H,8-9,12-13,15,17-18,20H2,1H3,(H,35,36)/t21-,23+,29?/m1/s1. The van der Waals surface area contributed by atoms with E-state index in [1.165, 1.54) is 6.07 Å². The lowest BCUT2D eigenvalue weighted by Crippen LogP contribution is -2.41. The summed E-state index contributed by atoms with van der Waals surface area (Å²) in [6.45, 7) is 2.10. The van der Waals surface area contributed by atoms with E-state index in [0.717, 1.165) is 42.4 Å². The smallest absolute Gasteiger partial charge is 0.303 e. The normalized spacial score (nSPS) is 18.7. The van der Waals surface area contributed by atoms with Gasteiger partial charge >= 0.3 is 5.97 Å². The van der Waals surface area contributed by atoms with E-state index in [2.05, 4.69) is 21.7 Å². The van der Waals surface area contributed by atoms with Crippen molar-refractivity contribution < 1.29 is 24.1 Å². The number of hydrogen-bond donors (Lipinski definition) is 2. The Morgan fingerprint density at radius 2 is 2.05 bits per heavy atom. The maximum Gasteiger partial charge on any atom is 0.303 e. The molecule has 2 N–H and O–H groups in total. The van der Waals surface area contributed by atoms with E-state index in [9.17, 15) is 19.4 Å². The van der Waals surface area contributed by atoms with Gasteiger partial charge in [-0.15, -0.1) is 0 Å². The molecule has 3 atom stereocenters. The maximum atomic E-state index is 13.8. The molecule has 1 saturated heterocycles. The summed E-state index contributed by atoms with van der Waals surface area (Å²) in [4.78, 5) is 17.9. The predicted octanol–water partition coefficient (Wildman–Crippen LogP) is 5.05. The molecule has 37 heavy (non-hydrogen) atoms. The molecule has 1 aliphatic heterocycles. The molecule has 194 valence electrons. The summed E-state index contributed by atoms with van der Waals surface area (Å²) in [7, 11) is 1.61. The molecule has 3 aromatic rings. The number of halogens is 1. The summed E-state index contributed by atoms with van der Waals surface area (Å²) < 4.78 is 19.2. The molecule has 0 radical (unpaired) electrons. The highest BCUT2D eigenvalue weighted by atomic mass is 19.1. The zero-order valence-electron chi connectivity index (χ0n) is 21.1. The largest absolute Gasteiger partial charge is 0.497 e. The number of aliphatic hydroxyl groups excluding tert-OH is 1. The van der Waals surface area contributed by atoms with Crippen LogP contribution >= 0.6 is 0 Å². The zero-order chi connectivity index (χ0) is 26.2. The number of hydrogen-bond acceptors (Lipinski definition) is 5. The number of methoxy groups -OCH3 is 1. The van der Waals surface area contributed by atoms with E-state index < -0.39 is 12.1 Å².